The van der Waals surface area contributed by atoms with Crippen LogP contribution in [0.4, 0.5) is 0 Å². The van der Waals surface area contributed by atoms with Gasteiger partial charge in [-0.05, 0) is 16.7 Å². The second-order valence-electron chi connectivity index (χ2n) is 4.67. The standard InChI is InChI=1S/C16H12Cl2O2/c17-15(18)16(19)20-14-9-10-5-1-2-6-11(10)12-7-3-4-8-13(12)14/h1-8,14-15H,9H2. The topological polar surface area (TPSA) is 26.3 Å². The molecule has 4 heteroatoms. The molecule has 0 aliphatic heterocycles. The predicted octanol–water partition coefficient (Wildman–Crippen LogP) is 4.30. The first kappa shape index (κ1) is 13.5. The van der Waals surface area contributed by atoms with Crippen molar-refractivity contribution in [1.82, 2.24) is 0 Å². The normalized spacial score (nSPS) is 16.4. The molecule has 0 bridgehead atoms. The molecule has 1 unspecified atom stereocenters. The lowest BCUT2D eigenvalue weighted by molar-refractivity contribution is -0.147. The monoisotopic (exact) mass is 306 g/mol. The number of rotatable bonds is 2. The average molecular weight is 307 g/mol. The molecule has 102 valence electrons. The molecule has 3 rings (SSSR count). The Balaban J connectivity index is 2.02. The summed E-state index contributed by atoms with van der Waals surface area (Å²) in [4.78, 5) is 10.5. The second-order valence-corrected chi connectivity index (χ2v) is 5.77. The molecule has 0 amide bonds. The first-order chi connectivity index (χ1) is 9.66. The van der Waals surface area contributed by atoms with Crippen molar-refractivity contribution < 1.29 is 9.53 Å². The quantitative estimate of drug-likeness (QED) is 0.611. The molecule has 0 heterocycles. The summed E-state index contributed by atoms with van der Waals surface area (Å²) in [7, 11) is 0. The summed E-state index contributed by atoms with van der Waals surface area (Å²) in [6.45, 7) is 0. The maximum absolute atomic E-state index is 11.6. The van der Waals surface area contributed by atoms with Crippen molar-refractivity contribution in [2.45, 2.75) is 17.4 Å². The molecule has 0 N–H and O–H groups in total. The van der Waals surface area contributed by atoms with Crippen molar-refractivity contribution in [2.75, 3.05) is 0 Å². The van der Waals surface area contributed by atoms with Crippen LogP contribution in [0.5, 0.6) is 0 Å². The molecule has 0 saturated carbocycles. The van der Waals surface area contributed by atoms with Crippen molar-refractivity contribution in [3.05, 3.63) is 59.7 Å². The average Bonchev–Trinajstić information content (AvgIpc) is 2.47. The van der Waals surface area contributed by atoms with Gasteiger partial charge in [0.05, 0.1) is 0 Å². The number of carbonyl (C=O) groups is 1. The first-order valence-corrected chi connectivity index (χ1v) is 7.20. The number of halogens is 2. The Labute approximate surface area is 127 Å². The number of fused-ring (bicyclic) bond motifs is 3. The summed E-state index contributed by atoms with van der Waals surface area (Å²) in [5, 5.41) is 0. The molecule has 0 fully saturated rings. The van der Waals surface area contributed by atoms with Gasteiger partial charge in [0.2, 0.25) is 4.84 Å². The fraction of sp³-hybridized carbons (Fsp3) is 0.188. The number of alkyl halides is 2. The van der Waals surface area contributed by atoms with E-state index in [0.29, 0.717) is 6.42 Å². The van der Waals surface area contributed by atoms with E-state index in [2.05, 4.69) is 6.07 Å². The summed E-state index contributed by atoms with van der Waals surface area (Å²) < 4.78 is 5.43. The summed E-state index contributed by atoms with van der Waals surface area (Å²) in [6, 6.07) is 16.0. The van der Waals surface area contributed by atoms with Crippen LogP contribution < -0.4 is 0 Å². The number of benzene rings is 2. The van der Waals surface area contributed by atoms with Gasteiger partial charge in [0.15, 0.2) is 0 Å². The first-order valence-electron chi connectivity index (χ1n) is 6.32. The lowest BCUT2D eigenvalue weighted by Crippen LogP contribution is -2.21. The van der Waals surface area contributed by atoms with E-state index in [0.717, 1.165) is 16.7 Å². The van der Waals surface area contributed by atoms with Crippen molar-refractivity contribution in [3.8, 4) is 11.1 Å². The molecule has 1 atom stereocenters. The molecule has 20 heavy (non-hydrogen) atoms. The minimum atomic E-state index is -1.15. The Morgan fingerprint density at radius 3 is 2.45 bits per heavy atom. The van der Waals surface area contributed by atoms with E-state index in [9.17, 15) is 4.79 Å². The Morgan fingerprint density at radius 1 is 1.05 bits per heavy atom. The fourth-order valence-corrected chi connectivity index (χ4v) is 2.69. The van der Waals surface area contributed by atoms with Gasteiger partial charge in [0.1, 0.15) is 6.10 Å². The van der Waals surface area contributed by atoms with Crippen molar-refractivity contribution in [1.29, 1.82) is 0 Å². The van der Waals surface area contributed by atoms with Gasteiger partial charge in [-0.2, -0.15) is 0 Å². The Hall–Kier alpha value is -1.51. The highest BCUT2D eigenvalue weighted by molar-refractivity contribution is 6.52. The van der Waals surface area contributed by atoms with E-state index < -0.39 is 10.8 Å². The van der Waals surface area contributed by atoms with Gasteiger partial charge >= 0.3 is 5.97 Å². The Kier molecular flexibility index (Phi) is 3.68. The summed E-state index contributed by atoms with van der Waals surface area (Å²) in [6.07, 6.45) is 0.299. The lowest BCUT2D eigenvalue weighted by atomic mass is 9.84. The van der Waals surface area contributed by atoms with Gasteiger partial charge in [-0.25, -0.2) is 4.79 Å². The number of hydrogen-bond acceptors (Lipinski definition) is 2. The highest BCUT2D eigenvalue weighted by atomic mass is 35.5. The van der Waals surface area contributed by atoms with Crippen LogP contribution in [-0.2, 0) is 16.0 Å². The second kappa shape index (κ2) is 5.47. The number of carbonyl (C=O) groups excluding carboxylic acids is 1. The van der Waals surface area contributed by atoms with Crippen LogP contribution in [-0.4, -0.2) is 10.8 Å². The van der Waals surface area contributed by atoms with Crippen molar-refractivity contribution >= 4 is 29.2 Å². The van der Waals surface area contributed by atoms with E-state index in [1.807, 2.05) is 42.5 Å². The van der Waals surface area contributed by atoms with Crippen molar-refractivity contribution in [3.63, 3.8) is 0 Å². The van der Waals surface area contributed by atoms with Gasteiger partial charge < -0.3 is 4.74 Å². The third-order valence-electron chi connectivity index (χ3n) is 3.46. The zero-order valence-corrected chi connectivity index (χ0v) is 12.1. The highest BCUT2D eigenvalue weighted by Crippen LogP contribution is 2.40. The molecule has 0 spiro atoms. The number of hydrogen-bond donors (Lipinski definition) is 0. The zero-order chi connectivity index (χ0) is 14.1. The van der Waals surface area contributed by atoms with E-state index in [4.69, 9.17) is 27.9 Å². The smallest absolute Gasteiger partial charge is 0.340 e. The molecule has 0 saturated heterocycles. The molecule has 1 aliphatic rings. The third kappa shape index (κ3) is 2.41. The maximum Gasteiger partial charge on any atom is 0.340 e. The molecule has 2 nitrogen and oxygen atoms in total. The SMILES string of the molecule is O=C(OC1Cc2ccccc2-c2ccccc21)C(Cl)Cl. The van der Waals surface area contributed by atoms with Crippen LogP contribution in [0.3, 0.4) is 0 Å². The summed E-state index contributed by atoms with van der Waals surface area (Å²) in [5.41, 5.74) is 4.43. The molecular weight excluding hydrogens is 295 g/mol. The minimum absolute atomic E-state index is 0.339. The summed E-state index contributed by atoms with van der Waals surface area (Å²) >= 11 is 11.1. The van der Waals surface area contributed by atoms with E-state index >= 15 is 0 Å². The Bertz CT molecular complexity index is 652. The summed E-state index contributed by atoms with van der Waals surface area (Å²) in [5.74, 6) is -0.604. The molecule has 1 aliphatic carbocycles. The van der Waals surface area contributed by atoms with Crippen LogP contribution in [0.1, 0.15) is 17.2 Å². The molecule has 2 aromatic carbocycles. The van der Waals surface area contributed by atoms with Gasteiger partial charge in [-0.3, -0.25) is 0 Å². The van der Waals surface area contributed by atoms with Crippen molar-refractivity contribution in [2.24, 2.45) is 0 Å². The number of esters is 1. The van der Waals surface area contributed by atoms with Gasteiger partial charge in [0, 0.05) is 12.0 Å². The van der Waals surface area contributed by atoms with Gasteiger partial charge in [-0.15, -0.1) is 0 Å². The van der Waals surface area contributed by atoms with Crippen LogP contribution >= 0.6 is 23.2 Å². The van der Waals surface area contributed by atoms with E-state index in [1.54, 1.807) is 0 Å². The third-order valence-corrected chi connectivity index (χ3v) is 3.81. The molecule has 0 radical (unpaired) electrons. The Morgan fingerprint density at radius 2 is 1.70 bits per heavy atom. The highest BCUT2D eigenvalue weighted by Gasteiger charge is 2.28. The van der Waals surface area contributed by atoms with Crippen LogP contribution in [0, 0.1) is 0 Å². The van der Waals surface area contributed by atoms with Crippen LogP contribution in [0.2, 0.25) is 0 Å². The lowest BCUT2D eigenvalue weighted by Gasteiger charge is -2.27. The largest absolute Gasteiger partial charge is 0.455 e. The van der Waals surface area contributed by atoms with Gasteiger partial charge in [0.25, 0.3) is 0 Å². The molecular formula is C16H12Cl2O2. The fourth-order valence-electron chi connectivity index (χ4n) is 2.59. The zero-order valence-electron chi connectivity index (χ0n) is 10.6. The van der Waals surface area contributed by atoms with Crippen LogP contribution in [0.15, 0.2) is 48.5 Å². The molecule has 2 aromatic rings. The predicted molar refractivity (Wildman–Crippen MR) is 79.9 cm³/mol. The number of ether oxygens (including phenoxy) is 1. The van der Waals surface area contributed by atoms with Gasteiger partial charge in [-0.1, -0.05) is 71.7 Å². The minimum Gasteiger partial charge on any atom is -0.455 e. The maximum atomic E-state index is 11.6. The van der Waals surface area contributed by atoms with E-state index in [-0.39, 0.29) is 6.10 Å². The van der Waals surface area contributed by atoms with Crippen LogP contribution in [0.25, 0.3) is 11.1 Å². The van der Waals surface area contributed by atoms with E-state index in [1.165, 1.54) is 5.56 Å². The molecule has 0 aromatic heterocycles.